The summed E-state index contributed by atoms with van der Waals surface area (Å²) in [5.74, 6) is 2.72. The Balaban J connectivity index is 1.72. The molecule has 106 valence electrons. The third-order valence-corrected chi connectivity index (χ3v) is 5.41. The van der Waals surface area contributed by atoms with Crippen molar-refractivity contribution in [2.45, 2.75) is 65.0 Å². The fourth-order valence-electron chi connectivity index (χ4n) is 3.68. The summed E-state index contributed by atoms with van der Waals surface area (Å²) < 4.78 is 0. The Morgan fingerprint density at radius 1 is 1.06 bits per heavy atom. The molecule has 2 fully saturated rings. The molecule has 1 heterocycles. The summed E-state index contributed by atoms with van der Waals surface area (Å²) >= 11 is 0. The lowest BCUT2D eigenvalue weighted by Crippen LogP contribution is -2.51. The van der Waals surface area contributed by atoms with Gasteiger partial charge in [-0.1, -0.05) is 26.7 Å². The summed E-state index contributed by atoms with van der Waals surface area (Å²) in [5, 5.41) is 3.88. The van der Waals surface area contributed by atoms with Crippen LogP contribution < -0.4 is 5.32 Å². The molecule has 1 saturated heterocycles. The van der Waals surface area contributed by atoms with E-state index in [2.05, 4.69) is 38.0 Å². The Kier molecular flexibility index (Phi) is 5.08. The number of hydrogen-bond acceptors (Lipinski definition) is 2. The van der Waals surface area contributed by atoms with Crippen molar-refractivity contribution in [2.75, 3.05) is 20.1 Å². The van der Waals surface area contributed by atoms with Gasteiger partial charge in [-0.2, -0.15) is 0 Å². The summed E-state index contributed by atoms with van der Waals surface area (Å²) in [5.41, 5.74) is 0. The number of piperidine rings is 1. The molecular weight excluding hydrogens is 220 g/mol. The number of nitrogens with zero attached hydrogens (tertiary/aromatic N) is 1. The smallest absolute Gasteiger partial charge is 0.0120 e. The zero-order valence-electron chi connectivity index (χ0n) is 12.8. The van der Waals surface area contributed by atoms with Crippen molar-refractivity contribution in [3.8, 4) is 0 Å². The predicted octanol–water partition coefficient (Wildman–Crippen LogP) is 3.13. The first-order chi connectivity index (χ1) is 8.56. The second-order valence-electron chi connectivity index (χ2n) is 7.14. The van der Waals surface area contributed by atoms with E-state index < -0.39 is 0 Å². The van der Waals surface area contributed by atoms with Crippen LogP contribution in [0.4, 0.5) is 0 Å². The van der Waals surface area contributed by atoms with Gasteiger partial charge in [-0.05, 0) is 57.5 Å². The highest BCUT2D eigenvalue weighted by molar-refractivity contribution is 4.87. The molecule has 1 saturated carbocycles. The van der Waals surface area contributed by atoms with E-state index in [0.717, 1.165) is 29.8 Å². The van der Waals surface area contributed by atoms with Crippen LogP contribution in [0.3, 0.4) is 0 Å². The summed E-state index contributed by atoms with van der Waals surface area (Å²) in [4.78, 5) is 2.51. The van der Waals surface area contributed by atoms with E-state index >= 15 is 0 Å². The fraction of sp³-hybridized carbons (Fsp3) is 1.00. The summed E-state index contributed by atoms with van der Waals surface area (Å²) in [6.45, 7) is 9.69. The van der Waals surface area contributed by atoms with Gasteiger partial charge in [0.15, 0.2) is 0 Å². The van der Waals surface area contributed by atoms with Gasteiger partial charge in [0.2, 0.25) is 0 Å². The number of rotatable bonds is 3. The number of hydrogen-bond donors (Lipinski definition) is 1. The maximum atomic E-state index is 3.88. The lowest BCUT2D eigenvalue weighted by molar-refractivity contribution is 0.117. The van der Waals surface area contributed by atoms with E-state index in [1.54, 1.807) is 0 Å². The Hall–Kier alpha value is -0.0800. The molecule has 0 radical (unpaired) electrons. The molecule has 2 aliphatic rings. The Bertz CT molecular complexity index is 245. The minimum atomic E-state index is 0.741. The number of nitrogens with one attached hydrogen (secondary N) is 1. The normalized spacial score (nSPS) is 43.0. The second kappa shape index (κ2) is 6.38. The monoisotopic (exact) mass is 252 g/mol. The van der Waals surface area contributed by atoms with E-state index in [-0.39, 0.29) is 0 Å². The zero-order chi connectivity index (χ0) is 13.1. The summed E-state index contributed by atoms with van der Waals surface area (Å²) in [6, 6.07) is 1.49. The van der Waals surface area contributed by atoms with Crippen molar-refractivity contribution in [1.29, 1.82) is 0 Å². The average Bonchev–Trinajstić information content (AvgIpc) is 2.34. The first-order valence-electron chi connectivity index (χ1n) is 8.00. The van der Waals surface area contributed by atoms with Crippen LogP contribution in [-0.2, 0) is 0 Å². The SMILES string of the molecule is CC1CCC(CNC2CC(C)N(C)CC2C)CC1. The topological polar surface area (TPSA) is 15.3 Å². The quantitative estimate of drug-likeness (QED) is 0.830. The van der Waals surface area contributed by atoms with Gasteiger partial charge in [0.25, 0.3) is 0 Å². The van der Waals surface area contributed by atoms with Crippen molar-refractivity contribution in [3.63, 3.8) is 0 Å². The fourth-order valence-corrected chi connectivity index (χ4v) is 3.68. The summed E-state index contributed by atoms with van der Waals surface area (Å²) in [6.07, 6.45) is 7.12. The van der Waals surface area contributed by atoms with Gasteiger partial charge in [-0.3, -0.25) is 0 Å². The van der Waals surface area contributed by atoms with Gasteiger partial charge in [0.1, 0.15) is 0 Å². The molecular formula is C16H32N2. The molecule has 18 heavy (non-hydrogen) atoms. The maximum Gasteiger partial charge on any atom is 0.0120 e. The van der Waals surface area contributed by atoms with Crippen molar-refractivity contribution < 1.29 is 0 Å². The van der Waals surface area contributed by atoms with E-state index in [4.69, 9.17) is 0 Å². The zero-order valence-corrected chi connectivity index (χ0v) is 12.8. The van der Waals surface area contributed by atoms with Crippen molar-refractivity contribution in [3.05, 3.63) is 0 Å². The number of likely N-dealkylation sites (tertiary alicyclic amines) is 1. The molecule has 0 bridgehead atoms. The van der Waals surface area contributed by atoms with Gasteiger partial charge in [-0.15, -0.1) is 0 Å². The van der Waals surface area contributed by atoms with Crippen molar-refractivity contribution >= 4 is 0 Å². The Labute approximate surface area is 114 Å². The first-order valence-corrected chi connectivity index (χ1v) is 8.00. The van der Waals surface area contributed by atoms with Crippen LogP contribution in [0.25, 0.3) is 0 Å². The highest BCUT2D eigenvalue weighted by Crippen LogP contribution is 2.28. The standard InChI is InChI=1S/C16H32N2/c1-12-5-7-15(8-6-12)10-17-16-9-14(3)18(4)11-13(16)2/h12-17H,5-11H2,1-4H3. The molecule has 0 amide bonds. The van der Waals surface area contributed by atoms with Crippen LogP contribution in [0, 0.1) is 17.8 Å². The molecule has 0 aromatic heterocycles. The second-order valence-corrected chi connectivity index (χ2v) is 7.14. The highest BCUT2D eigenvalue weighted by atomic mass is 15.2. The summed E-state index contributed by atoms with van der Waals surface area (Å²) in [7, 11) is 2.26. The van der Waals surface area contributed by atoms with Gasteiger partial charge in [0, 0.05) is 18.6 Å². The predicted molar refractivity (Wildman–Crippen MR) is 78.8 cm³/mol. The molecule has 2 nitrogen and oxygen atoms in total. The van der Waals surface area contributed by atoms with Crippen LogP contribution in [-0.4, -0.2) is 37.1 Å². The molecule has 1 aliphatic carbocycles. The van der Waals surface area contributed by atoms with Crippen LogP contribution in [0.5, 0.6) is 0 Å². The van der Waals surface area contributed by atoms with E-state index in [1.807, 2.05) is 0 Å². The first kappa shape index (κ1) is 14.3. The molecule has 0 aromatic rings. The van der Waals surface area contributed by atoms with Gasteiger partial charge in [0.05, 0.1) is 0 Å². The molecule has 0 spiro atoms. The van der Waals surface area contributed by atoms with Crippen LogP contribution >= 0.6 is 0 Å². The third-order valence-electron chi connectivity index (χ3n) is 5.41. The van der Waals surface area contributed by atoms with Crippen LogP contribution in [0.15, 0.2) is 0 Å². The highest BCUT2D eigenvalue weighted by Gasteiger charge is 2.29. The molecule has 2 heteroatoms. The van der Waals surface area contributed by atoms with E-state index in [9.17, 15) is 0 Å². The van der Waals surface area contributed by atoms with Crippen LogP contribution in [0.2, 0.25) is 0 Å². The molecule has 2 rings (SSSR count). The van der Waals surface area contributed by atoms with Crippen LogP contribution in [0.1, 0.15) is 52.9 Å². The third kappa shape index (κ3) is 3.71. The molecule has 3 atom stereocenters. The lowest BCUT2D eigenvalue weighted by Gasteiger charge is -2.41. The molecule has 1 aliphatic heterocycles. The molecule has 3 unspecified atom stereocenters. The average molecular weight is 252 g/mol. The molecule has 1 N–H and O–H groups in total. The minimum absolute atomic E-state index is 0.741. The van der Waals surface area contributed by atoms with Crippen molar-refractivity contribution in [2.24, 2.45) is 17.8 Å². The van der Waals surface area contributed by atoms with Gasteiger partial charge < -0.3 is 10.2 Å². The minimum Gasteiger partial charge on any atom is -0.313 e. The Morgan fingerprint density at radius 2 is 1.72 bits per heavy atom. The lowest BCUT2D eigenvalue weighted by atomic mass is 9.82. The maximum absolute atomic E-state index is 3.88. The van der Waals surface area contributed by atoms with Gasteiger partial charge >= 0.3 is 0 Å². The van der Waals surface area contributed by atoms with Gasteiger partial charge in [-0.25, -0.2) is 0 Å². The largest absolute Gasteiger partial charge is 0.313 e. The van der Waals surface area contributed by atoms with E-state index in [1.165, 1.54) is 45.2 Å². The van der Waals surface area contributed by atoms with E-state index in [0.29, 0.717) is 0 Å². The Morgan fingerprint density at radius 3 is 2.39 bits per heavy atom. The molecule has 0 aromatic carbocycles. The van der Waals surface area contributed by atoms with Crippen molar-refractivity contribution in [1.82, 2.24) is 10.2 Å².